The van der Waals surface area contributed by atoms with Gasteiger partial charge in [0.15, 0.2) is 34.3 Å². The first-order valence-electron chi connectivity index (χ1n) is 15.3. The second-order valence-corrected chi connectivity index (χ2v) is 25.6. The monoisotopic (exact) mass is 692 g/mol. The third kappa shape index (κ3) is 8.03. The van der Waals surface area contributed by atoms with Crippen molar-refractivity contribution in [3.8, 4) is 0 Å². The molecule has 3 aromatic rings. The van der Waals surface area contributed by atoms with Crippen LogP contribution in [-0.2, 0) is 39.3 Å². The Morgan fingerprint density at radius 2 is 1.54 bits per heavy atom. The van der Waals surface area contributed by atoms with E-state index in [1.165, 1.54) is 6.33 Å². The molecule has 4 rings (SSSR count). The van der Waals surface area contributed by atoms with Crippen LogP contribution in [0.4, 0.5) is 5.82 Å². The van der Waals surface area contributed by atoms with Gasteiger partial charge in [0.2, 0.25) is 5.91 Å². The third-order valence-corrected chi connectivity index (χ3v) is 19.1. The molecule has 0 saturated carbocycles. The number of carbonyl (C=O) groups excluding carboxylic acids is 1. The number of hydrogen-bond acceptors (Lipinski definition) is 11. The Kier molecular flexibility index (Phi) is 10.2. The summed E-state index contributed by atoms with van der Waals surface area (Å²) in [5.74, 6) is -0.498. The van der Waals surface area contributed by atoms with Gasteiger partial charge < -0.3 is 19.3 Å². The van der Waals surface area contributed by atoms with Crippen molar-refractivity contribution >= 4 is 49.8 Å². The Bertz CT molecular complexity index is 1640. The minimum Gasteiger partial charge on any atom is -0.408 e. The van der Waals surface area contributed by atoms with Gasteiger partial charge in [0.25, 0.3) is 0 Å². The Hall–Kier alpha value is -2.74. The molecule has 0 aliphatic carbocycles. The number of anilines is 1. The Labute approximate surface area is 274 Å². The molecule has 46 heavy (non-hydrogen) atoms. The van der Waals surface area contributed by atoms with Crippen LogP contribution in [0, 0.1) is 0 Å². The summed E-state index contributed by atoms with van der Waals surface area (Å²) in [6.45, 7) is 20.9. The van der Waals surface area contributed by atoms with Gasteiger partial charge in [-0.15, -0.1) is 0 Å². The minimum absolute atomic E-state index is 0.121. The van der Waals surface area contributed by atoms with Crippen molar-refractivity contribution in [2.75, 3.05) is 12.3 Å². The van der Waals surface area contributed by atoms with Gasteiger partial charge in [0.05, 0.1) is 19.4 Å². The molecule has 0 spiro atoms. The molecule has 254 valence electrons. The molecular weight excluding hydrogens is 645 g/mol. The van der Waals surface area contributed by atoms with Gasteiger partial charge in [0, 0.05) is 0 Å². The summed E-state index contributed by atoms with van der Waals surface area (Å²) in [5, 5.41) is -0.345. The number of nitrogen functional groups attached to an aromatic ring is 1. The van der Waals surface area contributed by atoms with Crippen molar-refractivity contribution in [1.82, 2.24) is 24.2 Å². The molecule has 0 unspecified atom stereocenters. The van der Waals surface area contributed by atoms with Crippen LogP contribution in [-0.4, -0.2) is 75.4 Å². The molecular formula is C30H48N6O7SSi2. The average Bonchev–Trinajstić information content (AvgIpc) is 3.48. The molecule has 0 bridgehead atoms. The van der Waals surface area contributed by atoms with Crippen LogP contribution >= 0.6 is 0 Å². The molecule has 1 aliphatic heterocycles. The fourth-order valence-corrected chi connectivity index (χ4v) is 7.89. The highest BCUT2D eigenvalue weighted by atomic mass is 32.2. The molecule has 3 heterocycles. The van der Waals surface area contributed by atoms with E-state index >= 15 is 0 Å². The number of nitrogens with two attached hydrogens (primary N) is 1. The fraction of sp³-hybridized carbons (Fsp3) is 0.600. The van der Waals surface area contributed by atoms with Crippen LogP contribution in [0.25, 0.3) is 11.2 Å². The topological polar surface area (TPSA) is 170 Å². The molecule has 16 heteroatoms. The first kappa shape index (κ1) is 36.1. The number of nitrogens with zero attached hydrogens (tertiary/aromatic N) is 4. The van der Waals surface area contributed by atoms with Crippen molar-refractivity contribution < 1.29 is 31.0 Å². The summed E-state index contributed by atoms with van der Waals surface area (Å²) in [5.41, 5.74) is 7.61. The number of carbonyl (C=O) groups is 1. The third-order valence-electron chi connectivity index (χ3n) is 9.25. The Balaban J connectivity index is 1.70. The van der Waals surface area contributed by atoms with E-state index in [0.29, 0.717) is 16.7 Å². The molecule has 1 aromatic carbocycles. The maximum absolute atomic E-state index is 13.0. The lowest BCUT2D eigenvalue weighted by Gasteiger charge is -2.44. The largest absolute Gasteiger partial charge is 0.408 e. The van der Waals surface area contributed by atoms with Gasteiger partial charge in [-0.3, -0.25) is 13.5 Å². The van der Waals surface area contributed by atoms with Crippen LogP contribution < -0.4 is 10.5 Å². The van der Waals surface area contributed by atoms with Crippen LogP contribution in [0.15, 0.2) is 43.0 Å². The fourth-order valence-electron chi connectivity index (χ4n) is 4.57. The molecule has 4 atom stereocenters. The molecule has 3 N–H and O–H groups in total. The summed E-state index contributed by atoms with van der Waals surface area (Å²) in [7, 11) is -9.44. The number of rotatable bonds is 11. The van der Waals surface area contributed by atoms with Crippen molar-refractivity contribution in [3.05, 3.63) is 48.5 Å². The number of hydrogen-bond donors (Lipinski definition) is 2. The van der Waals surface area contributed by atoms with E-state index in [1.807, 2.05) is 10.8 Å². The maximum atomic E-state index is 13.0. The van der Waals surface area contributed by atoms with Crippen LogP contribution in [0.2, 0.25) is 36.3 Å². The highest BCUT2D eigenvalue weighted by Crippen LogP contribution is 2.46. The van der Waals surface area contributed by atoms with Gasteiger partial charge in [-0.25, -0.2) is 19.7 Å². The SMILES string of the molecule is CC(C)(C)[Si](C)(C)O[C@@H]1[C@H](O[Si](C)(C)C(C)(C)C)[C@@H](COS(=O)(=O)NC(=O)Cc2ccccc2)O[C@H]1n1cnc2c(N)ncnc21. The first-order valence-corrected chi connectivity index (χ1v) is 22.5. The zero-order chi connectivity index (χ0) is 34.3. The van der Waals surface area contributed by atoms with E-state index < -0.39 is 64.0 Å². The maximum Gasteiger partial charge on any atom is 0.362 e. The summed E-state index contributed by atoms with van der Waals surface area (Å²) in [4.78, 5) is 25.5. The zero-order valence-corrected chi connectivity index (χ0v) is 31.2. The van der Waals surface area contributed by atoms with Crippen molar-refractivity contribution in [3.63, 3.8) is 0 Å². The number of aromatic nitrogens is 4. The van der Waals surface area contributed by atoms with E-state index in [1.54, 1.807) is 35.2 Å². The van der Waals surface area contributed by atoms with Gasteiger partial charge in [-0.1, -0.05) is 71.9 Å². The van der Waals surface area contributed by atoms with E-state index in [-0.39, 0.29) is 22.3 Å². The molecule has 13 nitrogen and oxygen atoms in total. The van der Waals surface area contributed by atoms with Gasteiger partial charge in [-0.05, 0) is 41.8 Å². The quantitative estimate of drug-likeness (QED) is 0.267. The van der Waals surface area contributed by atoms with Crippen molar-refractivity contribution in [1.29, 1.82) is 0 Å². The average molecular weight is 693 g/mol. The van der Waals surface area contributed by atoms with Gasteiger partial charge >= 0.3 is 10.3 Å². The lowest BCUT2D eigenvalue weighted by molar-refractivity contribution is -0.118. The van der Waals surface area contributed by atoms with Crippen LogP contribution in [0.3, 0.4) is 0 Å². The number of ether oxygens (including phenoxy) is 1. The Morgan fingerprint density at radius 1 is 0.957 bits per heavy atom. The van der Waals surface area contributed by atoms with Crippen molar-refractivity contribution in [2.45, 2.75) is 109 Å². The lowest BCUT2D eigenvalue weighted by atomic mass is 10.1. The summed E-state index contributed by atoms with van der Waals surface area (Å²) < 4.78 is 55.8. The highest BCUT2D eigenvalue weighted by Gasteiger charge is 2.55. The molecule has 1 fully saturated rings. The van der Waals surface area contributed by atoms with E-state index in [0.717, 1.165) is 0 Å². The summed E-state index contributed by atoms with van der Waals surface area (Å²) >= 11 is 0. The summed E-state index contributed by atoms with van der Waals surface area (Å²) in [6, 6.07) is 8.84. The van der Waals surface area contributed by atoms with Crippen molar-refractivity contribution in [2.24, 2.45) is 0 Å². The van der Waals surface area contributed by atoms with Gasteiger partial charge in [0.1, 0.15) is 30.2 Å². The Morgan fingerprint density at radius 3 is 2.13 bits per heavy atom. The molecule has 1 amide bonds. The number of benzene rings is 1. The second kappa shape index (κ2) is 13.0. The number of fused-ring (bicyclic) bond motifs is 1. The van der Waals surface area contributed by atoms with E-state index in [4.69, 9.17) is 23.5 Å². The second-order valence-electron chi connectivity index (χ2n) is 14.8. The van der Waals surface area contributed by atoms with Crippen LogP contribution in [0.5, 0.6) is 0 Å². The number of imidazole rings is 1. The standard InChI is InChI=1S/C30H48N6O7SSi2/c1-29(2,3)45(7,8)42-24-21(17-40-44(38,39)35-22(37)16-20-14-12-11-13-15-20)41-28(25(24)43-46(9,10)30(4,5)6)36-19-34-23-26(31)32-18-33-27(23)36/h11-15,18-19,21,24-25,28H,16-17H2,1-10H3,(H,35,37)(H2,31,32,33)/t21-,24-,25-,28-/m1/s1. The van der Waals surface area contributed by atoms with Crippen LogP contribution in [0.1, 0.15) is 53.3 Å². The molecule has 2 aromatic heterocycles. The summed E-state index contributed by atoms with van der Waals surface area (Å²) in [6.07, 6.45) is -0.333. The predicted molar refractivity (Wildman–Crippen MR) is 181 cm³/mol. The number of nitrogens with one attached hydrogen (secondary N) is 1. The molecule has 1 saturated heterocycles. The first-order chi connectivity index (χ1) is 21.1. The van der Waals surface area contributed by atoms with E-state index in [9.17, 15) is 13.2 Å². The minimum atomic E-state index is -4.48. The zero-order valence-electron chi connectivity index (χ0n) is 28.4. The predicted octanol–water partition coefficient (Wildman–Crippen LogP) is 4.71. The van der Waals surface area contributed by atoms with E-state index in [2.05, 4.69) is 82.7 Å². The lowest BCUT2D eigenvalue weighted by Crippen LogP contribution is -2.54. The molecule has 1 aliphatic rings. The normalized spacial score (nSPS) is 21.5. The highest BCUT2D eigenvalue weighted by molar-refractivity contribution is 7.85. The molecule has 0 radical (unpaired) electrons. The number of amides is 1. The smallest absolute Gasteiger partial charge is 0.362 e. The van der Waals surface area contributed by atoms with Gasteiger partial charge in [-0.2, -0.15) is 8.42 Å².